The molecular weight excluding hydrogens is 331 g/mol. The van der Waals surface area contributed by atoms with Gasteiger partial charge in [-0.15, -0.1) is 12.4 Å². The van der Waals surface area contributed by atoms with Gasteiger partial charge in [-0.2, -0.15) is 4.31 Å². The van der Waals surface area contributed by atoms with Gasteiger partial charge in [0.25, 0.3) is 0 Å². The van der Waals surface area contributed by atoms with Crippen molar-refractivity contribution < 1.29 is 8.42 Å². The summed E-state index contributed by atoms with van der Waals surface area (Å²) in [7, 11) is -3.57. The highest BCUT2D eigenvalue weighted by Crippen LogP contribution is 2.30. The Hall–Kier alpha value is -0.330. The summed E-state index contributed by atoms with van der Waals surface area (Å²) in [5.74, 6) is 0.415. The molecule has 0 bridgehead atoms. The molecule has 0 saturated carbocycles. The molecule has 1 saturated heterocycles. The van der Waals surface area contributed by atoms with Crippen LogP contribution in [0.1, 0.15) is 32.3 Å². The van der Waals surface area contributed by atoms with Crippen molar-refractivity contribution in [1.29, 1.82) is 0 Å². The number of rotatable bonds is 3. The Balaban J connectivity index is 0.00000220. The minimum Gasteiger partial charge on any atom is -0.326 e. The second-order valence-electron chi connectivity index (χ2n) is 5.81. The van der Waals surface area contributed by atoms with E-state index in [1.54, 1.807) is 12.1 Å². The molecule has 1 aliphatic heterocycles. The van der Waals surface area contributed by atoms with E-state index < -0.39 is 10.0 Å². The van der Waals surface area contributed by atoms with E-state index in [1.165, 1.54) is 4.31 Å². The highest BCUT2D eigenvalue weighted by Gasteiger charge is 2.36. The first-order chi connectivity index (χ1) is 9.23. The van der Waals surface area contributed by atoms with Gasteiger partial charge in [-0.05, 0) is 29.5 Å². The van der Waals surface area contributed by atoms with Crippen molar-refractivity contribution in [2.75, 3.05) is 13.1 Å². The van der Waals surface area contributed by atoms with Crippen molar-refractivity contribution in [2.24, 2.45) is 11.7 Å². The lowest BCUT2D eigenvalue weighted by Gasteiger charge is -2.18. The Kier molecular flexibility index (Phi) is 6.09. The molecule has 0 amide bonds. The van der Waals surface area contributed by atoms with Crippen molar-refractivity contribution >= 4 is 34.0 Å². The standard InChI is InChI=1S/C14H21ClN2O2S.ClH/c1-9(2)11-4-5-12(15)14(6-11)20(18,19)17-7-10(3)13(16)8-17;/h4-6,9-10,13H,7-8,16H2,1-3H3;1H. The zero-order valence-electron chi connectivity index (χ0n) is 12.4. The minimum atomic E-state index is -3.57. The largest absolute Gasteiger partial charge is 0.326 e. The SMILES string of the molecule is CC(C)c1ccc(Cl)c(S(=O)(=O)N2CC(C)C(N)C2)c1.Cl. The molecule has 7 heteroatoms. The summed E-state index contributed by atoms with van der Waals surface area (Å²) in [6.07, 6.45) is 0. The van der Waals surface area contributed by atoms with Gasteiger partial charge in [-0.1, -0.05) is 38.4 Å². The maximum atomic E-state index is 12.7. The van der Waals surface area contributed by atoms with E-state index in [4.69, 9.17) is 17.3 Å². The molecule has 0 aromatic heterocycles. The molecule has 2 unspecified atom stereocenters. The van der Waals surface area contributed by atoms with E-state index in [9.17, 15) is 8.42 Å². The van der Waals surface area contributed by atoms with Crippen LogP contribution >= 0.6 is 24.0 Å². The van der Waals surface area contributed by atoms with Crippen molar-refractivity contribution in [3.05, 3.63) is 28.8 Å². The van der Waals surface area contributed by atoms with Crippen LogP contribution in [0.5, 0.6) is 0 Å². The van der Waals surface area contributed by atoms with Crippen LogP contribution in [-0.2, 0) is 10.0 Å². The van der Waals surface area contributed by atoms with E-state index in [1.807, 2.05) is 26.8 Å². The van der Waals surface area contributed by atoms with Crippen LogP contribution < -0.4 is 5.73 Å². The molecule has 0 spiro atoms. The third-order valence-electron chi connectivity index (χ3n) is 3.88. The van der Waals surface area contributed by atoms with E-state index >= 15 is 0 Å². The molecule has 0 aliphatic carbocycles. The van der Waals surface area contributed by atoms with Crippen LogP contribution in [-0.4, -0.2) is 31.9 Å². The van der Waals surface area contributed by atoms with E-state index in [-0.39, 0.29) is 40.2 Å². The number of hydrogen-bond acceptors (Lipinski definition) is 3. The van der Waals surface area contributed by atoms with Gasteiger partial charge in [0.2, 0.25) is 10.0 Å². The Bertz CT molecular complexity index is 595. The molecule has 0 radical (unpaired) electrons. The molecule has 1 aliphatic rings. The maximum absolute atomic E-state index is 12.7. The fourth-order valence-corrected chi connectivity index (χ4v) is 4.45. The highest BCUT2D eigenvalue weighted by molar-refractivity contribution is 7.89. The second-order valence-corrected chi connectivity index (χ2v) is 8.12. The first-order valence-corrected chi connectivity index (χ1v) is 8.60. The molecule has 1 heterocycles. The number of nitrogens with zero attached hydrogens (tertiary/aromatic N) is 1. The smallest absolute Gasteiger partial charge is 0.244 e. The maximum Gasteiger partial charge on any atom is 0.244 e. The summed E-state index contributed by atoms with van der Waals surface area (Å²) >= 11 is 6.10. The molecule has 1 aromatic carbocycles. The average Bonchev–Trinajstić information content (AvgIpc) is 2.70. The summed E-state index contributed by atoms with van der Waals surface area (Å²) in [5, 5.41) is 0.266. The molecular formula is C14H22Cl2N2O2S. The lowest BCUT2D eigenvalue weighted by atomic mass is 10.0. The average molecular weight is 353 g/mol. The first kappa shape index (κ1) is 18.7. The van der Waals surface area contributed by atoms with E-state index in [2.05, 4.69) is 0 Å². The number of benzene rings is 1. The van der Waals surface area contributed by atoms with Gasteiger partial charge in [-0.3, -0.25) is 0 Å². The Morgan fingerprint density at radius 3 is 2.43 bits per heavy atom. The fraction of sp³-hybridized carbons (Fsp3) is 0.571. The zero-order valence-corrected chi connectivity index (χ0v) is 14.8. The number of hydrogen-bond donors (Lipinski definition) is 1. The number of nitrogens with two attached hydrogens (primary N) is 1. The van der Waals surface area contributed by atoms with Gasteiger partial charge in [-0.25, -0.2) is 8.42 Å². The summed E-state index contributed by atoms with van der Waals surface area (Å²) < 4.78 is 26.9. The number of sulfonamides is 1. The predicted molar refractivity (Wildman–Crippen MR) is 88.7 cm³/mol. The zero-order chi connectivity index (χ0) is 15.1. The summed E-state index contributed by atoms with van der Waals surface area (Å²) in [6, 6.07) is 5.08. The van der Waals surface area contributed by atoms with Gasteiger partial charge in [0.15, 0.2) is 0 Å². The lowest BCUT2D eigenvalue weighted by molar-refractivity contribution is 0.464. The van der Waals surface area contributed by atoms with Gasteiger partial charge in [0.05, 0.1) is 5.02 Å². The summed E-state index contributed by atoms with van der Waals surface area (Å²) in [5.41, 5.74) is 6.88. The van der Waals surface area contributed by atoms with Crippen LogP contribution in [0.15, 0.2) is 23.1 Å². The number of halogens is 2. The monoisotopic (exact) mass is 352 g/mol. The van der Waals surface area contributed by atoms with Crippen LogP contribution in [0.25, 0.3) is 0 Å². The molecule has 2 rings (SSSR count). The highest BCUT2D eigenvalue weighted by atomic mass is 35.5. The van der Waals surface area contributed by atoms with Crippen LogP contribution in [0.3, 0.4) is 0 Å². The van der Waals surface area contributed by atoms with Crippen molar-refractivity contribution in [1.82, 2.24) is 4.31 Å². The molecule has 2 atom stereocenters. The first-order valence-electron chi connectivity index (χ1n) is 6.78. The minimum absolute atomic E-state index is 0. The Morgan fingerprint density at radius 1 is 1.33 bits per heavy atom. The summed E-state index contributed by atoms with van der Waals surface area (Å²) in [4.78, 5) is 0.187. The molecule has 1 fully saturated rings. The van der Waals surface area contributed by atoms with E-state index in [0.717, 1.165) is 5.56 Å². The topological polar surface area (TPSA) is 63.4 Å². The third-order valence-corrected chi connectivity index (χ3v) is 6.19. The molecule has 4 nitrogen and oxygen atoms in total. The second kappa shape index (κ2) is 6.84. The lowest BCUT2D eigenvalue weighted by Crippen LogP contribution is -2.32. The van der Waals surface area contributed by atoms with Gasteiger partial charge < -0.3 is 5.73 Å². The molecule has 1 aromatic rings. The van der Waals surface area contributed by atoms with Gasteiger partial charge in [0, 0.05) is 19.1 Å². The molecule has 21 heavy (non-hydrogen) atoms. The quantitative estimate of drug-likeness (QED) is 0.909. The molecule has 2 N–H and O–H groups in total. The van der Waals surface area contributed by atoms with Gasteiger partial charge in [0.1, 0.15) is 4.90 Å². The summed E-state index contributed by atoms with van der Waals surface area (Å²) in [6.45, 7) is 6.81. The van der Waals surface area contributed by atoms with Crippen molar-refractivity contribution in [3.63, 3.8) is 0 Å². The van der Waals surface area contributed by atoms with Gasteiger partial charge >= 0.3 is 0 Å². The van der Waals surface area contributed by atoms with E-state index in [0.29, 0.717) is 13.1 Å². The predicted octanol–water partition coefficient (Wildman–Crippen LogP) is 2.85. The fourth-order valence-electron chi connectivity index (χ4n) is 2.36. The third kappa shape index (κ3) is 3.71. The Labute approximate surface area is 138 Å². The molecule has 120 valence electrons. The van der Waals surface area contributed by atoms with Crippen LogP contribution in [0.2, 0.25) is 5.02 Å². The van der Waals surface area contributed by atoms with Crippen LogP contribution in [0.4, 0.5) is 0 Å². The normalized spacial score (nSPS) is 23.3. The Morgan fingerprint density at radius 2 is 1.95 bits per heavy atom. The van der Waals surface area contributed by atoms with Crippen molar-refractivity contribution in [2.45, 2.75) is 37.6 Å². The van der Waals surface area contributed by atoms with Crippen LogP contribution in [0, 0.1) is 5.92 Å². The van der Waals surface area contributed by atoms with Crippen molar-refractivity contribution in [3.8, 4) is 0 Å².